The van der Waals surface area contributed by atoms with Crippen LogP contribution in [0.2, 0.25) is 0 Å². The number of hydrogen-bond donors (Lipinski definition) is 1. The van der Waals surface area contributed by atoms with E-state index in [2.05, 4.69) is 5.32 Å². The van der Waals surface area contributed by atoms with Crippen molar-refractivity contribution in [2.75, 3.05) is 6.61 Å². The molecule has 13 heteroatoms. The summed E-state index contributed by atoms with van der Waals surface area (Å²) in [5, 5.41) is 3.06. The molecule has 4 rings (SSSR count). The summed E-state index contributed by atoms with van der Waals surface area (Å²) in [4.78, 5) is 60.7. The number of carbonyl (C=O) groups excluding carboxylic acids is 4. The van der Waals surface area contributed by atoms with Crippen molar-refractivity contribution in [2.24, 2.45) is 0 Å². The summed E-state index contributed by atoms with van der Waals surface area (Å²) in [5.41, 5.74) is 0.316. The highest BCUT2D eigenvalue weighted by molar-refractivity contribution is 5.79. The van der Waals surface area contributed by atoms with Crippen molar-refractivity contribution in [3.63, 3.8) is 0 Å². The summed E-state index contributed by atoms with van der Waals surface area (Å²) in [6.45, 7) is 4.51. The van der Waals surface area contributed by atoms with Gasteiger partial charge in [-0.25, -0.2) is 4.79 Å². The highest BCUT2D eigenvalue weighted by Gasteiger charge is 2.52. The molecule has 0 aliphatic carbocycles. The van der Waals surface area contributed by atoms with E-state index in [0.717, 1.165) is 19.4 Å². The van der Waals surface area contributed by atoms with E-state index in [1.807, 2.05) is 30.3 Å². The number of ether oxygens (including phenoxy) is 6. The lowest BCUT2D eigenvalue weighted by atomic mass is 9.96. The number of carbonyl (C=O) groups is 4. The van der Waals surface area contributed by atoms with Crippen molar-refractivity contribution < 1.29 is 52.0 Å². The molecule has 228 valence electrons. The van der Waals surface area contributed by atoms with Crippen LogP contribution in [-0.2, 0) is 44.7 Å². The maximum absolute atomic E-state index is 13.0. The minimum Gasteiger partial charge on any atom is -0.489 e. The Morgan fingerprint density at radius 2 is 1.56 bits per heavy atom. The monoisotopic (exact) mass is 597 g/mol. The smallest absolute Gasteiger partial charge is 0.379 e. The number of rotatable bonds is 10. The first-order chi connectivity index (χ1) is 20.5. The number of esters is 3. The van der Waals surface area contributed by atoms with Crippen LogP contribution in [0.5, 0.6) is 11.5 Å². The number of hydrogen-bond acceptors (Lipinski definition) is 12. The van der Waals surface area contributed by atoms with Gasteiger partial charge < -0.3 is 38.2 Å². The van der Waals surface area contributed by atoms with Crippen LogP contribution in [0.25, 0.3) is 11.0 Å². The Hall–Kier alpha value is -4.91. The van der Waals surface area contributed by atoms with Crippen LogP contribution < -0.4 is 20.4 Å². The fourth-order valence-electron chi connectivity index (χ4n) is 4.50. The SMILES string of the molecule is CC(=O)N[C@H]1C(Oc2cc3ccc(OCc4ccccc4)cc3oc2=O)O[C@H](COC(C)=O)[C@@H](OC(C)=O)[C@@H]1OC(C)=O. The van der Waals surface area contributed by atoms with E-state index in [0.29, 0.717) is 17.7 Å². The molecule has 1 amide bonds. The molecule has 1 unspecified atom stereocenters. The summed E-state index contributed by atoms with van der Waals surface area (Å²) >= 11 is 0. The lowest BCUT2D eigenvalue weighted by Gasteiger charge is -2.44. The standard InChI is InChI=1S/C30H31NO12/c1-16(32)31-26-28(40-19(4)35)27(39-18(3)34)25(15-37-17(2)33)43-30(26)42-24-12-21-10-11-22(13-23(21)41-29(24)36)38-14-20-8-6-5-7-9-20/h5-13,25-28,30H,14-15H2,1-4H3,(H,31,32)/t25-,26-,27-,28-,30?/m1/s1. The van der Waals surface area contributed by atoms with Crippen molar-refractivity contribution >= 4 is 34.8 Å². The summed E-state index contributed by atoms with van der Waals surface area (Å²) in [7, 11) is 0. The first-order valence-corrected chi connectivity index (χ1v) is 13.3. The molecule has 3 aromatic rings. The minimum absolute atomic E-state index is 0.228. The molecule has 1 aliphatic heterocycles. The fraction of sp³-hybridized carbons (Fsp3) is 0.367. The quantitative estimate of drug-likeness (QED) is 0.206. The second-order valence-corrected chi connectivity index (χ2v) is 9.71. The Kier molecular flexibility index (Phi) is 9.99. The normalized spacial score (nSPS) is 21.3. The number of amides is 1. The Balaban J connectivity index is 1.64. The Morgan fingerprint density at radius 3 is 2.21 bits per heavy atom. The molecule has 2 heterocycles. The van der Waals surface area contributed by atoms with E-state index in [4.69, 9.17) is 32.8 Å². The second-order valence-electron chi connectivity index (χ2n) is 9.71. The highest BCUT2D eigenvalue weighted by atomic mass is 16.7. The number of fused-ring (bicyclic) bond motifs is 1. The van der Waals surface area contributed by atoms with Gasteiger partial charge in [0.1, 0.15) is 36.7 Å². The van der Waals surface area contributed by atoms with Crippen molar-refractivity contribution in [3.8, 4) is 11.5 Å². The Labute approximate surface area is 245 Å². The van der Waals surface area contributed by atoms with Gasteiger partial charge in [0, 0.05) is 39.1 Å². The molecular formula is C30H31NO12. The van der Waals surface area contributed by atoms with E-state index >= 15 is 0 Å². The molecule has 1 saturated heterocycles. The average molecular weight is 598 g/mol. The molecule has 0 saturated carbocycles. The summed E-state index contributed by atoms with van der Waals surface area (Å²) in [6.07, 6.45) is -5.33. The van der Waals surface area contributed by atoms with E-state index < -0.39 is 66.7 Å². The van der Waals surface area contributed by atoms with Crippen LogP contribution in [0.3, 0.4) is 0 Å². The zero-order valence-electron chi connectivity index (χ0n) is 23.9. The zero-order chi connectivity index (χ0) is 31.1. The number of benzene rings is 2. The van der Waals surface area contributed by atoms with Gasteiger partial charge >= 0.3 is 23.5 Å². The summed E-state index contributed by atoms with van der Waals surface area (Å²) in [5.74, 6) is -2.54. The first-order valence-electron chi connectivity index (χ1n) is 13.3. The van der Waals surface area contributed by atoms with E-state index in [-0.39, 0.29) is 11.3 Å². The summed E-state index contributed by atoms with van der Waals surface area (Å²) in [6, 6.07) is 14.6. The largest absolute Gasteiger partial charge is 0.489 e. The van der Waals surface area contributed by atoms with Gasteiger partial charge in [-0.05, 0) is 23.8 Å². The zero-order valence-corrected chi connectivity index (χ0v) is 23.9. The van der Waals surface area contributed by atoms with Crippen LogP contribution in [0.4, 0.5) is 0 Å². The molecule has 1 aliphatic rings. The van der Waals surface area contributed by atoms with Gasteiger partial charge in [-0.3, -0.25) is 19.2 Å². The van der Waals surface area contributed by atoms with Crippen LogP contribution >= 0.6 is 0 Å². The fourth-order valence-corrected chi connectivity index (χ4v) is 4.50. The molecule has 5 atom stereocenters. The Bertz CT molecular complexity index is 1540. The second kappa shape index (κ2) is 13.8. The predicted octanol–water partition coefficient (Wildman–Crippen LogP) is 2.41. The molecule has 43 heavy (non-hydrogen) atoms. The maximum atomic E-state index is 13.0. The van der Waals surface area contributed by atoms with Gasteiger partial charge in [-0.1, -0.05) is 30.3 Å². The average Bonchev–Trinajstić information content (AvgIpc) is 2.94. The van der Waals surface area contributed by atoms with Gasteiger partial charge in [0.25, 0.3) is 0 Å². The van der Waals surface area contributed by atoms with E-state index in [1.54, 1.807) is 18.2 Å². The van der Waals surface area contributed by atoms with Crippen molar-refractivity contribution in [1.82, 2.24) is 5.32 Å². The molecule has 1 N–H and O–H groups in total. The van der Waals surface area contributed by atoms with Gasteiger partial charge in [0.05, 0.1) is 0 Å². The lowest BCUT2D eigenvalue weighted by molar-refractivity contribution is -0.257. The van der Waals surface area contributed by atoms with Crippen molar-refractivity contribution in [3.05, 3.63) is 70.6 Å². The van der Waals surface area contributed by atoms with E-state index in [1.165, 1.54) is 19.9 Å². The van der Waals surface area contributed by atoms with Gasteiger partial charge in [-0.2, -0.15) is 0 Å². The molecule has 0 radical (unpaired) electrons. The van der Waals surface area contributed by atoms with Gasteiger partial charge in [-0.15, -0.1) is 0 Å². The molecule has 0 bridgehead atoms. The van der Waals surface area contributed by atoms with Crippen LogP contribution in [0.15, 0.2) is 63.8 Å². The third kappa shape index (κ3) is 8.32. The molecule has 2 aromatic carbocycles. The number of nitrogens with one attached hydrogen (secondary N) is 1. The van der Waals surface area contributed by atoms with Gasteiger partial charge in [0.2, 0.25) is 17.9 Å². The summed E-state index contributed by atoms with van der Waals surface area (Å²) < 4.78 is 39.0. The first kappa shape index (κ1) is 31.0. The molecule has 1 fully saturated rings. The van der Waals surface area contributed by atoms with Crippen LogP contribution in [0.1, 0.15) is 33.3 Å². The van der Waals surface area contributed by atoms with Gasteiger partial charge in [0.15, 0.2) is 12.2 Å². The molecule has 0 spiro atoms. The molecule has 1 aromatic heterocycles. The maximum Gasteiger partial charge on any atom is 0.379 e. The topological polar surface area (TPSA) is 166 Å². The van der Waals surface area contributed by atoms with Crippen molar-refractivity contribution in [1.29, 1.82) is 0 Å². The van der Waals surface area contributed by atoms with Crippen molar-refractivity contribution in [2.45, 2.75) is 64.9 Å². The molecular weight excluding hydrogens is 566 g/mol. The Morgan fingerprint density at radius 1 is 0.860 bits per heavy atom. The predicted molar refractivity (Wildman–Crippen MR) is 148 cm³/mol. The van der Waals surface area contributed by atoms with E-state index in [9.17, 15) is 24.0 Å². The lowest BCUT2D eigenvalue weighted by Crippen LogP contribution is -2.67. The van der Waals surface area contributed by atoms with Crippen LogP contribution in [-0.4, -0.2) is 61.1 Å². The third-order valence-electron chi connectivity index (χ3n) is 6.24. The highest BCUT2D eigenvalue weighted by Crippen LogP contribution is 2.30. The minimum atomic E-state index is -1.48. The molecule has 13 nitrogen and oxygen atoms in total. The third-order valence-corrected chi connectivity index (χ3v) is 6.24. The van der Waals surface area contributed by atoms with Crippen LogP contribution in [0, 0.1) is 0 Å².